The van der Waals surface area contributed by atoms with Crippen LogP contribution in [0.3, 0.4) is 0 Å². The van der Waals surface area contributed by atoms with E-state index in [1.165, 1.54) is 154 Å². The Labute approximate surface area is 738 Å². The lowest BCUT2D eigenvalue weighted by Crippen LogP contribution is -2.33. The van der Waals surface area contributed by atoms with Gasteiger partial charge in [0, 0.05) is 42.9 Å². The number of ether oxygens (including phenoxy) is 15. The van der Waals surface area contributed by atoms with Crippen molar-refractivity contribution in [3.05, 3.63) is 132 Å². The summed E-state index contributed by atoms with van der Waals surface area (Å²) in [5.74, 6) is 5.59. The Morgan fingerprint density at radius 2 is 0.419 bits per heavy atom. The molecule has 676 valence electrons. The smallest absolute Gasteiger partial charge is 0.203 e. The maximum absolute atomic E-state index is 7.19. The van der Waals surface area contributed by atoms with Gasteiger partial charge in [-0.3, -0.25) is 0 Å². The number of anilines is 4. The van der Waals surface area contributed by atoms with Crippen LogP contribution in [-0.4, -0.2) is 180 Å². The Morgan fingerprint density at radius 1 is 0.218 bits per heavy atom. The molecule has 1 aliphatic heterocycles. The number of rotatable bonds is 70. The van der Waals surface area contributed by atoms with Crippen molar-refractivity contribution in [2.24, 2.45) is 0 Å². The van der Waals surface area contributed by atoms with Gasteiger partial charge in [0.15, 0.2) is 46.3 Å². The van der Waals surface area contributed by atoms with E-state index in [0.29, 0.717) is 157 Å². The standard InChI is InChI=1S/C103H144N6O15/c1-7-10-13-16-19-22-25-28-31-42-53-119-90-74-80(75-91(120-54-43-32-29-26-23-20-17-14-11-8-2)98(90)123-55-44-33-30-27-24-21-18-15-12-9-3)78-108-100-102(106-96-88-51-40-36-47-84(88)82-45-34-38-49-86(82)94(96)104-100)109(103-101(108)105-95-87-50-39-35-46-83(87)85-48-37-41-52-89(85)97(95)107-103)79-81-76-92(121-71-68-116-65-62-113-59-56-110-4)99(124-73-70-118-67-64-115-61-58-112-6)93(77-81)122-72-69-117-66-63-114-60-57-111-5/h34-41,45-52,74-77H,7-33,42-44,53-73,78-79H2,1-6H3. The summed E-state index contributed by atoms with van der Waals surface area (Å²) in [6.07, 6.45) is 36.8. The molecule has 0 fully saturated rings. The molecule has 0 saturated carbocycles. The summed E-state index contributed by atoms with van der Waals surface area (Å²) in [5, 5.41) is 8.18. The van der Waals surface area contributed by atoms with Gasteiger partial charge in [-0.15, -0.1) is 0 Å². The highest BCUT2D eigenvalue weighted by atomic mass is 16.6. The van der Waals surface area contributed by atoms with Crippen LogP contribution in [0.25, 0.3) is 65.2 Å². The van der Waals surface area contributed by atoms with Gasteiger partial charge >= 0.3 is 0 Å². The number of hydrogen-bond donors (Lipinski definition) is 0. The van der Waals surface area contributed by atoms with Gasteiger partial charge in [0.25, 0.3) is 0 Å². The van der Waals surface area contributed by atoms with E-state index in [2.05, 4.69) is 140 Å². The average Bonchev–Trinajstić information content (AvgIpc) is 0.709. The summed E-state index contributed by atoms with van der Waals surface area (Å²) in [5.41, 5.74) is 4.71. The highest BCUT2D eigenvalue weighted by molar-refractivity contribution is 6.25. The third kappa shape index (κ3) is 29.8. The Bertz CT molecular complexity index is 4280. The second-order valence-corrected chi connectivity index (χ2v) is 32.6. The fourth-order valence-electron chi connectivity index (χ4n) is 16.4. The molecular formula is C103H144N6O15. The van der Waals surface area contributed by atoms with Crippen molar-refractivity contribution < 1.29 is 71.1 Å². The monoisotopic (exact) mass is 1710 g/mol. The first-order chi connectivity index (χ1) is 61.5. The Hall–Kier alpha value is -8.48. The van der Waals surface area contributed by atoms with Gasteiger partial charge in [0.05, 0.1) is 154 Å². The molecule has 3 heterocycles. The highest BCUT2D eigenvalue weighted by Crippen LogP contribution is 2.52. The fourth-order valence-corrected chi connectivity index (χ4v) is 16.4. The van der Waals surface area contributed by atoms with Crippen molar-refractivity contribution in [2.75, 3.05) is 170 Å². The van der Waals surface area contributed by atoms with Crippen LogP contribution >= 0.6 is 0 Å². The quantitative estimate of drug-likeness (QED) is 0.0257. The van der Waals surface area contributed by atoms with Gasteiger partial charge in [-0.25, -0.2) is 19.9 Å². The molecule has 0 radical (unpaired) electrons. The van der Waals surface area contributed by atoms with E-state index >= 15 is 0 Å². The second-order valence-electron chi connectivity index (χ2n) is 32.6. The van der Waals surface area contributed by atoms with Crippen molar-refractivity contribution in [3.63, 3.8) is 0 Å². The third-order valence-electron chi connectivity index (χ3n) is 23.0. The lowest BCUT2D eigenvalue weighted by Gasteiger charge is -2.37. The third-order valence-corrected chi connectivity index (χ3v) is 23.0. The maximum atomic E-state index is 7.19. The van der Waals surface area contributed by atoms with Crippen LogP contribution in [0.15, 0.2) is 121 Å². The number of fused-ring (bicyclic) bond motifs is 14. The fraction of sp³-hybridized carbons (Fsp3) is 0.573. The summed E-state index contributed by atoms with van der Waals surface area (Å²) in [4.78, 5) is 28.5. The molecule has 10 aromatic rings. The molecule has 21 heteroatoms. The van der Waals surface area contributed by atoms with E-state index in [0.717, 1.165) is 115 Å². The number of nitrogens with zero attached hydrogens (tertiary/aromatic N) is 6. The SMILES string of the molecule is CCCCCCCCCCCCOc1cc(CN2c3nc4c5ccccc5c5ccccc5c4nc3N(Cc3cc(OCCOCCOCCOC)c(OCCOCCOCCOC)c(OCCOCCOCCOC)c3)c3nc4c5ccccc5c5ccccc5c4nc32)cc(OCCCCCCCCCCCC)c1OCCCCCCCCCCCC. The van der Waals surface area contributed by atoms with E-state index in [4.69, 9.17) is 91.0 Å². The molecule has 1 aliphatic rings. The summed E-state index contributed by atoms with van der Waals surface area (Å²) < 4.78 is 93.2. The molecule has 0 spiro atoms. The number of benzene rings is 8. The van der Waals surface area contributed by atoms with Crippen molar-refractivity contribution in [1.82, 2.24) is 19.9 Å². The molecule has 2 aromatic heterocycles. The van der Waals surface area contributed by atoms with Crippen LogP contribution in [0.5, 0.6) is 34.5 Å². The van der Waals surface area contributed by atoms with Crippen LogP contribution in [-0.2, 0) is 55.7 Å². The number of unbranched alkanes of at least 4 members (excludes halogenated alkanes) is 27. The zero-order valence-corrected chi connectivity index (χ0v) is 75.8. The molecule has 0 atom stereocenters. The first-order valence-electron chi connectivity index (χ1n) is 47.3. The van der Waals surface area contributed by atoms with E-state index < -0.39 is 0 Å². The molecule has 21 nitrogen and oxygen atoms in total. The Morgan fingerprint density at radius 3 is 0.677 bits per heavy atom. The van der Waals surface area contributed by atoms with Gasteiger partial charge in [0.1, 0.15) is 19.8 Å². The Balaban J connectivity index is 1.05. The zero-order valence-electron chi connectivity index (χ0n) is 75.8. The summed E-state index contributed by atoms with van der Waals surface area (Å²) in [7, 11) is 4.97. The van der Waals surface area contributed by atoms with Gasteiger partial charge < -0.3 is 80.9 Å². The predicted molar refractivity (Wildman–Crippen MR) is 503 cm³/mol. The van der Waals surface area contributed by atoms with Crippen LogP contribution in [0.1, 0.15) is 225 Å². The molecule has 8 aromatic carbocycles. The molecule has 0 N–H and O–H groups in total. The van der Waals surface area contributed by atoms with Crippen LogP contribution in [0, 0.1) is 0 Å². The second kappa shape index (κ2) is 56.6. The summed E-state index contributed by atoms with van der Waals surface area (Å²) >= 11 is 0. The van der Waals surface area contributed by atoms with Crippen LogP contribution in [0.2, 0.25) is 0 Å². The zero-order chi connectivity index (χ0) is 86.1. The first-order valence-corrected chi connectivity index (χ1v) is 47.3. The molecule has 124 heavy (non-hydrogen) atoms. The normalized spacial score (nSPS) is 12.1. The molecular weight excluding hydrogens is 1560 g/mol. The summed E-state index contributed by atoms with van der Waals surface area (Å²) in [6, 6.07) is 42.6. The minimum Gasteiger partial charge on any atom is -0.490 e. The number of methoxy groups -OCH3 is 3. The molecule has 0 bridgehead atoms. The van der Waals surface area contributed by atoms with E-state index in [-0.39, 0.29) is 52.7 Å². The van der Waals surface area contributed by atoms with E-state index in [1.54, 1.807) is 21.3 Å². The Kier molecular flexibility index (Phi) is 43.9. The average molecular weight is 1710 g/mol. The summed E-state index contributed by atoms with van der Waals surface area (Å²) in [6.45, 7) is 15.4. The van der Waals surface area contributed by atoms with Gasteiger partial charge in [0.2, 0.25) is 11.5 Å². The molecule has 0 aliphatic carbocycles. The minimum absolute atomic E-state index is 0.170. The van der Waals surface area contributed by atoms with E-state index in [9.17, 15) is 0 Å². The lowest BCUT2D eigenvalue weighted by molar-refractivity contribution is 0.0146. The lowest BCUT2D eigenvalue weighted by atomic mass is 9.99. The maximum Gasteiger partial charge on any atom is 0.203 e. The largest absolute Gasteiger partial charge is 0.490 e. The number of aromatic nitrogens is 4. The first kappa shape index (κ1) is 96.2. The number of hydrogen-bond acceptors (Lipinski definition) is 21. The topological polar surface area (TPSA) is 196 Å². The molecule has 0 amide bonds. The molecule has 11 rings (SSSR count). The molecule has 0 saturated heterocycles. The van der Waals surface area contributed by atoms with E-state index in [1.807, 2.05) is 12.1 Å². The van der Waals surface area contributed by atoms with Crippen molar-refractivity contribution in [2.45, 2.75) is 226 Å². The van der Waals surface area contributed by atoms with Crippen LogP contribution in [0.4, 0.5) is 23.3 Å². The van der Waals surface area contributed by atoms with Gasteiger partial charge in [-0.1, -0.05) is 291 Å². The van der Waals surface area contributed by atoms with Gasteiger partial charge in [-0.05, 0) is 76.2 Å². The van der Waals surface area contributed by atoms with Gasteiger partial charge in [-0.2, -0.15) is 0 Å². The molecule has 0 unspecified atom stereocenters. The predicted octanol–water partition coefficient (Wildman–Crippen LogP) is 24.3. The van der Waals surface area contributed by atoms with Crippen molar-refractivity contribution >= 4 is 88.4 Å². The highest BCUT2D eigenvalue weighted by Gasteiger charge is 2.37. The van der Waals surface area contributed by atoms with Crippen LogP contribution < -0.4 is 38.2 Å². The minimum atomic E-state index is 0.170. The van der Waals surface area contributed by atoms with Crippen molar-refractivity contribution in [3.8, 4) is 34.5 Å². The van der Waals surface area contributed by atoms with Crippen molar-refractivity contribution in [1.29, 1.82) is 0 Å².